The van der Waals surface area contributed by atoms with E-state index in [0.29, 0.717) is 5.95 Å². The van der Waals surface area contributed by atoms with Crippen LogP contribution in [0.1, 0.15) is 5.82 Å². The maximum Gasteiger partial charge on any atom is 0.222 e. The van der Waals surface area contributed by atoms with Gasteiger partial charge in [-0.05, 0) is 25.1 Å². The molecule has 3 aromatic rings. The zero-order valence-electron chi connectivity index (χ0n) is 10.7. The van der Waals surface area contributed by atoms with E-state index in [2.05, 4.69) is 30.9 Å². The number of fused-ring (bicyclic) bond motifs is 1. The van der Waals surface area contributed by atoms with Crippen LogP contribution in [0.5, 0.6) is 0 Å². The minimum atomic E-state index is 0.657. The molecule has 0 unspecified atom stereocenters. The molecule has 96 valence electrons. The molecule has 0 saturated carbocycles. The van der Waals surface area contributed by atoms with Gasteiger partial charge in [0.05, 0.1) is 11.0 Å². The number of anilines is 1. The first-order chi connectivity index (χ1) is 9.34. The average molecular weight is 253 g/mol. The fourth-order valence-electron chi connectivity index (χ4n) is 2.15. The first-order valence-electron chi connectivity index (χ1n) is 6.27. The molecule has 1 N–H and O–H groups in total. The lowest BCUT2D eigenvalue weighted by Crippen LogP contribution is -2.13. The third kappa shape index (κ3) is 2.40. The van der Waals surface area contributed by atoms with Crippen LogP contribution in [0.2, 0.25) is 0 Å². The number of imidazole rings is 1. The minimum Gasteiger partial charge on any atom is -0.352 e. The maximum absolute atomic E-state index is 4.54. The van der Waals surface area contributed by atoms with E-state index in [4.69, 9.17) is 0 Å². The van der Waals surface area contributed by atoms with E-state index in [0.717, 1.165) is 29.9 Å². The number of aromatic nitrogens is 4. The lowest BCUT2D eigenvalue weighted by Gasteiger charge is -2.08. The predicted molar refractivity (Wildman–Crippen MR) is 75.0 cm³/mol. The van der Waals surface area contributed by atoms with Crippen molar-refractivity contribution in [3.05, 3.63) is 48.5 Å². The standard InChI is InChI=1S/C14H15N5/c1-11-18-12-5-2-3-6-13(12)19(11)10-9-17-14-15-7-4-8-16-14/h2-8H,9-10H2,1H3,(H,15,16,17). The monoisotopic (exact) mass is 253 g/mol. The van der Waals surface area contributed by atoms with Gasteiger partial charge in [0.2, 0.25) is 5.95 Å². The van der Waals surface area contributed by atoms with Gasteiger partial charge in [-0.25, -0.2) is 15.0 Å². The van der Waals surface area contributed by atoms with E-state index >= 15 is 0 Å². The van der Waals surface area contributed by atoms with E-state index in [1.165, 1.54) is 0 Å². The predicted octanol–water partition coefficient (Wildman–Crippen LogP) is 2.25. The van der Waals surface area contributed by atoms with Crippen molar-refractivity contribution < 1.29 is 0 Å². The summed E-state index contributed by atoms with van der Waals surface area (Å²) < 4.78 is 2.20. The van der Waals surface area contributed by atoms with Crippen LogP contribution >= 0.6 is 0 Å². The maximum atomic E-state index is 4.54. The number of benzene rings is 1. The Bertz CT molecular complexity index is 675. The Morgan fingerprint density at radius 3 is 2.74 bits per heavy atom. The molecule has 0 bridgehead atoms. The molecule has 3 rings (SSSR count). The molecule has 0 aliphatic carbocycles. The molecule has 19 heavy (non-hydrogen) atoms. The molecule has 1 aromatic carbocycles. The Morgan fingerprint density at radius 2 is 1.89 bits per heavy atom. The highest BCUT2D eigenvalue weighted by Crippen LogP contribution is 2.14. The van der Waals surface area contributed by atoms with E-state index < -0.39 is 0 Å². The first kappa shape index (κ1) is 11.6. The molecule has 5 heteroatoms. The van der Waals surface area contributed by atoms with Crippen molar-refractivity contribution in [2.75, 3.05) is 11.9 Å². The average Bonchev–Trinajstić information content (AvgIpc) is 2.76. The van der Waals surface area contributed by atoms with Crippen molar-refractivity contribution in [2.24, 2.45) is 0 Å². The van der Waals surface area contributed by atoms with Crippen LogP contribution in [0.25, 0.3) is 11.0 Å². The Hall–Kier alpha value is -2.43. The van der Waals surface area contributed by atoms with Crippen LogP contribution in [0.3, 0.4) is 0 Å². The summed E-state index contributed by atoms with van der Waals surface area (Å²) in [5, 5.41) is 3.20. The Morgan fingerprint density at radius 1 is 1.11 bits per heavy atom. The van der Waals surface area contributed by atoms with Crippen molar-refractivity contribution in [1.82, 2.24) is 19.5 Å². The molecule has 0 atom stereocenters. The number of rotatable bonds is 4. The van der Waals surface area contributed by atoms with Crippen molar-refractivity contribution in [3.8, 4) is 0 Å². The van der Waals surface area contributed by atoms with Crippen LogP contribution in [0.4, 0.5) is 5.95 Å². The zero-order valence-corrected chi connectivity index (χ0v) is 10.7. The van der Waals surface area contributed by atoms with E-state index in [-0.39, 0.29) is 0 Å². The van der Waals surface area contributed by atoms with Crippen LogP contribution in [-0.2, 0) is 6.54 Å². The fourth-order valence-corrected chi connectivity index (χ4v) is 2.15. The van der Waals surface area contributed by atoms with Gasteiger partial charge in [0.15, 0.2) is 0 Å². The SMILES string of the molecule is Cc1nc2ccccc2n1CCNc1ncccn1. The van der Waals surface area contributed by atoms with E-state index in [1.54, 1.807) is 18.5 Å². The lowest BCUT2D eigenvalue weighted by molar-refractivity contribution is 0.718. The summed E-state index contributed by atoms with van der Waals surface area (Å²) in [5.41, 5.74) is 2.20. The van der Waals surface area contributed by atoms with Gasteiger partial charge in [-0.15, -0.1) is 0 Å². The summed E-state index contributed by atoms with van der Waals surface area (Å²) in [6.07, 6.45) is 3.46. The second kappa shape index (κ2) is 5.06. The molecule has 2 aromatic heterocycles. The second-order valence-electron chi connectivity index (χ2n) is 4.30. The molecule has 0 radical (unpaired) electrons. The molecule has 0 aliphatic heterocycles. The summed E-state index contributed by atoms with van der Waals surface area (Å²) in [6, 6.07) is 9.97. The van der Waals surface area contributed by atoms with Crippen molar-refractivity contribution in [1.29, 1.82) is 0 Å². The van der Waals surface area contributed by atoms with Gasteiger partial charge < -0.3 is 9.88 Å². The van der Waals surface area contributed by atoms with E-state index in [1.807, 2.05) is 25.1 Å². The van der Waals surface area contributed by atoms with Crippen molar-refractivity contribution in [2.45, 2.75) is 13.5 Å². The number of aryl methyl sites for hydroxylation is 1. The highest BCUT2D eigenvalue weighted by molar-refractivity contribution is 5.75. The molecular weight excluding hydrogens is 238 g/mol. The molecule has 0 amide bonds. The normalized spacial score (nSPS) is 10.8. The van der Waals surface area contributed by atoms with Gasteiger partial charge in [-0.3, -0.25) is 0 Å². The lowest BCUT2D eigenvalue weighted by atomic mass is 10.3. The summed E-state index contributed by atoms with van der Waals surface area (Å²) in [7, 11) is 0. The topological polar surface area (TPSA) is 55.6 Å². The molecule has 5 nitrogen and oxygen atoms in total. The van der Waals surface area contributed by atoms with Gasteiger partial charge >= 0.3 is 0 Å². The Kier molecular flexibility index (Phi) is 3.10. The first-order valence-corrected chi connectivity index (χ1v) is 6.27. The largest absolute Gasteiger partial charge is 0.352 e. The highest BCUT2D eigenvalue weighted by Gasteiger charge is 2.05. The molecule has 0 spiro atoms. The Balaban J connectivity index is 1.73. The fraction of sp³-hybridized carbons (Fsp3) is 0.214. The van der Waals surface area contributed by atoms with E-state index in [9.17, 15) is 0 Å². The van der Waals surface area contributed by atoms with Gasteiger partial charge in [0, 0.05) is 25.5 Å². The molecule has 0 aliphatic rings. The Labute approximate surface area is 111 Å². The van der Waals surface area contributed by atoms with Crippen LogP contribution in [0.15, 0.2) is 42.7 Å². The number of hydrogen-bond acceptors (Lipinski definition) is 4. The highest BCUT2D eigenvalue weighted by atomic mass is 15.1. The van der Waals surface area contributed by atoms with Crippen LogP contribution in [0, 0.1) is 6.92 Å². The number of nitrogens with zero attached hydrogens (tertiary/aromatic N) is 4. The molecule has 2 heterocycles. The zero-order chi connectivity index (χ0) is 13.1. The van der Waals surface area contributed by atoms with Crippen LogP contribution < -0.4 is 5.32 Å². The third-order valence-electron chi connectivity index (χ3n) is 3.03. The molecular formula is C14H15N5. The molecule has 0 fully saturated rings. The summed E-state index contributed by atoms with van der Waals surface area (Å²) in [5.74, 6) is 1.68. The van der Waals surface area contributed by atoms with Crippen molar-refractivity contribution in [3.63, 3.8) is 0 Å². The number of hydrogen-bond donors (Lipinski definition) is 1. The second-order valence-corrected chi connectivity index (χ2v) is 4.30. The number of para-hydroxylation sites is 2. The quantitative estimate of drug-likeness (QED) is 0.774. The van der Waals surface area contributed by atoms with Crippen LogP contribution in [-0.4, -0.2) is 26.1 Å². The smallest absolute Gasteiger partial charge is 0.222 e. The van der Waals surface area contributed by atoms with Crippen molar-refractivity contribution >= 4 is 17.0 Å². The number of nitrogens with one attached hydrogen (secondary N) is 1. The van der Waals surface area contributed by atoms with Gasteiger partial charge in [-0.1, -0.05) is 12.1 Å². The van der Waals surface area contributed by atoms with Gasteiger partial charge in [0.25, 0.3) is 0 Å². The van der Waals surface area contributed by atoms with Gasteiger partial charge in [-0.2, -0.15) is 0 Å². The summed E-state index contributed by atoms with van der Waals surface area (Å²) in [4.78, 5) is 12.8. The van der Waals surface area contributed by atoms with Gasteiger partial charge in [0.1, 0.15) is 5.82 Å². The third-order valence-corrected chi connectivity index (χ3v) is 3.03. The minimum absolute atomic E-state index is 0.657. The summed E-state index contributed by atoms with van der Waals surface area (Å²) >= 11 is 0. The molecule has 0 saturated heterocycles. The summed E-state index contributed by atoms with van der Waals surface area (Å²) in [6.45, 7) is 3.63.